The first kappa shape index (κ1) is 28.7. The van der Waals surface area contributed by atoms with Crippen molar-refractivity contribution in [3.63, 3.8) is 0 Å². The van der Waals surface area contributed by atoms with Gasteiger partial charge in [-0.1, -0.05) is 108 Å². The van der Waals surface area contributed by atoms with Gasteiger partial charge in [0.25, 0.3) is 0 Å². The van der Waals surface area contributed by atoms with Gasteiger partial charge >= 0.3 is 0 Å². The van der Waals surface area contributed by atoms with Crippen molar-refractivity contribution >= 4 is 40.9 Å². The molecule has 0 saturated heterocycles. The van der Waals surface area contributed by atoms with Gasteiger partial charge in [-0.25, -0.2) is 0 Å². The summed E-state index contributed by atoms with van der Waals surface area (Å²) in [7, 11) is 1.64. The van der Waals surface area contributed by atoms with Crippen molar-refractivity contribution in [2.45, 2.75) is 29.8 Å². The van der Waals surface area contributed by atoms with E-state index in [1.54, 1.807) is 25.3 Å². The van der Waals surface area contributed by atoms with E-state index in [4.69, 9.17) is 27.9 Å². The zero-order valence-electron chi connectivity index (χ0n) is 22.5. The molecule has 41 heavy (non-hydrogen) atoms. The van der Waals surface area contributed by atoms with Gasteiger partial charge in [-0.3, -0.25) is 9.36 Å². The van der Waals surface area contributed by atoms with Gasteiger partial charge < -0.3 is 10.1 Å². The molecule has 0 radical (unpaired) electrons. The average molecular weight is 604 g/mol. The SMILES string of the molecule is COc1cccc(CSc2nnc(C(C)NC(=O)C(c3ccccc3)c3ccccc3)n2-c2cc(Cl)ccc2Cl)c1. The maximum absolute atomic E-state index is 13.8. The molecule has 1 atom stereocenters. The molecule has 5 rings (SSSR count). The van der Waals surface area contributed by atoms with Gasteiger partial charge in [-0.05, 0) is 53.9 Å². The molecule has 208 valence electrons. The molecule has 0 aliphatic carbocycles. The minimum atomic E-state index is -0.494. The standard InChI is InChI=1S/C32H28Cl2N4O2S/c1-21(35-31(39)29(23-11-5-3-6-12-23)24-13-7-4-8-14-24)30-36-37-32(38(30)28-19-25(33)16-17-27(28)34)41-20-22-10-9-15-26(18-22)40-2/h3-19,21,29H,20H2,1-2H3,(H,35,39). The van der Waals surface area contributed by atoms with Gasteiger partial charge in [-0.2, -0.15) is 0 Å². The summed E-state index contributed by atoms with van der Waals surface area (Å²) in [5.74, 6) is 1.31. The Morgan fingerprint density at radius 3 is 2.24 bits per heavy atom. The Morgan fingerprint density at radius 1 is 0.902 bits per heavy atom. The Kier molecular flexibility index (Phi) is 9.29. The molecule has 0 bridgehead atoms. The molecular weight excluding hydrogens is 575 g/mol. The molecule has 1 amide bonds. The third kappa shape index (κ3) is 6.76. The Labute approximate surface area is 253 Å². The van der Waals surface area contributed by atoms with Crippen LogP contribution in [0.3, 0.4) is 0 Å². The highest BCUT2D eigenvalue weighted by atomic mass is 35.5. The van der Waals surface area contributed by atoms with E-state index < -0.39 is 12.0 Å². The zero-order valence-corrected chi connectivity index (χ0v) is 24.8. The van der Waals surface area contributed by atoms with E-state index in [0.717, 1.165) is 22.4 Å². The lowest BCUT2D eigenvalue weighted by Gasteiger charge is -2.22. The molecule has 0 fully saturated rings. The minimum Gasteiger partial charge on any atom is -0.497 e. The predicted molar refractivity (Wildman–Crippen MR) is 165 cm³/mol. The quantitative estimate of drug-likeness (QED) is 0.165. The molecule has 0 saturated carbocycles. The van der Waals surface area contributed by atoms with Gasteiger partial charge in [0.2, 0.25) is 5.91 Å². The van der Waals surface area contributed by atoms with Gasteiger partial charge in [0.15, 0.2) is 11.0 Å². The van der Waals surface area contributed by atoms with Gasteiger partial charge in [0.05, 0.1) is 29.8 Å². The number of hydrogen-bond acceptors (Lipinski definition) is 5. The molecule has 0 spiro atoms. The summed E-state index contributed by atoms with van der Waals surface area (Å²) < 4.78 is 7.23. The number of aromatic nitrogens is 3. The van der Waals surface area contributed by atoms with Crippen LogP contribution in [-0.2, 0) is 10.5 Å². The molecule has 4 aromatic carbocycles. The van der Waals surface area contributed by atoms with Crippen LogP contribution in [-0.4, -0.2) is 27.8 Å². The van der Waals surface area contributed by atoms with Crippen LogP contribution in [0.25, 0.3) is 5.69 Å². The first-order valence-electron chi connectivity index (χ1n) is 13.0. The predicted octanol–water partition coefficient (Wildman–Crippen LogP) is 7.88. The Bertz CT molecular complexity index is 1590. The number of halogens is 2. The number of benzene rings is 4. The van der Waals surface area contributed by atoms with Crippen molar-refractivity contribution in [2.24, 2.45) is 0 Å². The Morgan fingerprint density at radius 2 is 1.59 bits per heavy atom. The molecular formula is C32H28Cl2N4O2S. The number of nitrogens with one attached hydrogen (secondary N) is 1. The van der Waals surface area contributed by atoms with E-state index in [9.17, 15) is 4.79 Å². The lowest BCUT2D eigenvalue weighted by atomic mass is 9.90. The highest BCUT2D eigenvalue weighted by Crippen LogP contribution is 2.33. The highest BCUT2D eigenvalue weighted by molar-refractivity contribution is 7.98. The summed E-state index contributed by atoms with van der Waals surface area (Å²) >= 11 is 14.5. The zero-order chi connectivity index (χ0) is 28.8. The third-order valence-electron chi connectivity index (χ3n) is 6.58. The second kappa shape index (κ2) is 13.3. The number of rotatable bonds is 10. The molecule has 9 heteroatoms. The summed E-state index contributed by atoms with van der Waals surface area (Å²) in [4.78, 5) is 13.8. The van der Waals surface area contributed by atoms with E-state index >= 15 is 0 Å². The lowest BCUT2D eigenvalue weighted by Crippen LogP contribution is -2.33. The maximum Gasteiger partial charge on any atom is 0.232 e. The minimum absolute atomic E-state index is 0.146. The van der Waals surface area contributed by atoms with Crippen molar-refractivity contribution in [1.82, 2.24) is 20.1 Å². The van der Waals surface area contributed by atoms with Gasteiger partial charge in [0.1, 0.15) is 5.75 Å². The van der Waals surface area contributed by atoms with Crippen molar-refractivity contribution in [3.05, 3.63) is 136 Å². The van der Waals surface area contributed by atoms with Crippen molar-refractivity contribution in [2.75, 3.05) is 7.11 Å². The number of ether oxygens (including phenoxy) is 1. The number of nitrogens with zero attached hydrogens (tertiary/aromatic N) is 3. The van der Waals surface area contributed by atoms with Crippen LogP contribution in [0.2, 0.25) is 10.0 Å². The number of amides is 1. The monoisotopic (exact) mass is 602 g/mol. The molecule has 6 nitrogen and oxygen atoms in total. The largest absolute Gasteiger partial charge is 0.497 e. The Hall–Kier alpha value is -3.78. The Balaban J connectivity index is 1.48. The molecule has 0 aliphatic heterocycles. The fraction of sp³-hybridized carbons (Fsp3) is 0.156. The van der Waals surface area contributed by atoms with Crippen LogP contribution < -0.4 is 10.1 Å². The van der Waals surface area contributed by atoms with Crippen molar-refractivity contribution in [1.29, 1.82) is 0 Å². The number of methoxy groups -OCH3 is 1. The lowest BCUT2D eigenvalue weighted by molar-refractivity contribution is -0.122. The summed E-state index contributed by atoms with van der Waals surface area (Å²) in [6.07, 6.45) is 0. The van der Waals surface area contributed by atoms with Gasteiger partial charge in [0, 0.05) is 10.8 Å². The van der Waals surface area contributed by atoms with Crippen LogP contribution in [0, 0.1) is 0 Å². The fourth-order valence-corrected chi connectivity index (χ4v) is 5.86. The van der Waals surface area contributed by atoms with Crippen LogP contribution >= 0.6 is 35.0 Å². The average Bonchev–Trinajstić information content (AvgIpc) is 3.42. The van der Waals surface area contributed by atoms with Crippen LogP contribution in [0.5, 0.6) is 5.75 Å². The molecule has 5 aromatic rings. The van der Waals surface area contributed by atoms with Crippen molar-refractivity contribution < 1.29 is 9.53 Å². The molecule has 1 heterocycles. The summed E-state index contributed by atoms with van der Waals surface area (Å²) in [5.41, 5.74) is 3.50. The normalized spacial score (nSPS) is 11.8. The second-order valence-electron chi connectivity index (χ2n) is 9.40. The number of thioether (sulfide) groups is 1. The topological polar surface area (TPSA) is 69.0 Å². The molecule has 1 N–H and O–H groups in total. The van der Waals surface area contributed by atoms with Crippen LogP contribution in [0.4, 0.5) is 0 Å². The number of carbonyl (C=O) groups is 1. The first-order valence-corrected chi connectivity index (χ1v) is 14.8. The van der Waals surface area contributed by atoms with E-state index in [2.05, 4.69) is 15.5 Å². The van der Waals surface area contributed by atoms with Crippen LogP contribution in [0.15, 0.2) is 108 Å². The van der Waals surface area contributed by atoms with Crippen molar-refractivity contribution in [3.8, 4) is 11.4 Å². The third-order valence-corrected chi connectivity index (χ3v) is 8.14. The van der Waals surface area contributed by atoms with E-state index in [1.807, 2.05) is 96.4 Å². The molecule has 1 aromatic heterocycles. The first-order chi connectivity index (χ1) is 19.9. The summed E-state index contributed by atoms with van der Waals surface area (Å²) in [6.45, 7) is 1.89. The maximum atomic E-state index is 13.8. The van der Waals surface area contributed by atoms with E-state index in [1.165, 1.54) is 11.8 Å². The second-order valence-corrected chi connectivity index (χ2v) is 11.2. The van der Waals surface area contributed by atoms with Gasteiger partial charge in [-0.15, -0.1) is 10.2 Å². The van der Waals surface area contributed by atoms with E-state index in [-0.39, 0.29) is 5.91 Å². The number of hydrogen-bond donors (Lipinski definition) is 1. The fourth-order valence-electron chi connectivity index (χ4n) is 4.60. The molecule has 0 aliphatic rings. The highest BCUT2D eigenvalue weighted by Gasteiger charge is 2.27. The van der Waals surface area contributed by atoms with Crippen LogP contribution in [0.1, 0.15) is 41.4 Å². The number of carbonyl (C=O) groups excluding carboxylic acids is 1. The van der Waals surface area contributed by atoms with E-state index in [0.29, 0.717) is 32.5 Å². The summed E-state index contributed by atoms with van der Waals surface area (Å²) in [5, 5.41) is 13.8. The smallest absolute Gasteiger partial charge is 0.232 e. The molecule has 1 unspecified atom stereocenters. The summed E-state index contributed by atoms with van der Waals surface area (Å²) in [6, 6.07) is 32.1.